The van der Waals surface area contributed by atoms with Gasteiger partial charge in [0.15, 0.2) is 5.43 Å². The van der Waals surface area contributed by atoms with Gasteiger partial charge in [-0.25, -0.2) is 4.79 Å². The molecule has 4 N–H and O–H groups in total. The molecule has 0 unspecified atom stereocenters. The number of carbonyl (C=O) groups is 1. The Labute approximate surface area is 61.5 Å². The minimum atomic E-state index is -1.32. The van der Waals surface area contributed by atoms with Crippen molar-refractivity contribution in [2.24, 2.45) is 0 Å². The predicted octanol–water partition coefficient (Wildman–Crippen LogP) is -0.345. The van der Waals surface area contributed by atoms with Crippen LogP contribution >= 0.6 is 0 Å². The fraction of sp³-hybridized carbons (Fsp3) is 0. The molecule has 5 nitrogen and oxygen atoms in total. The number of pyridine rings is 1. The zero-order chi connectivity index (χ0) is 8.43. The second kappa shape index (κ2) is 2.45. The Kier molecular flexibility index (Phi) is 1.63. The maximum Gasteiger partial charge on any atom is 0.343 e. The summed E-state index contributed by atoms with van der Waals surface area (Å²) in [6.45, 7) is 0. The first-order valence-corrected chi connectivity index (χ1v) is 2.83. The molecule has 0 amide bonds. The van der Waals surface area contributed by atoms with Crippen LogP contribution in [0.25, 0.3) is 0 Å². The molecule has 0 atom stereocenters. The van der Waals surface area contributed by atoms with Crippen LogP contribution in [0.3, 0.4) is 0 Å². The molecule has 58 valence electrons. The van der Waals surface area contributed by atoms with E-state index in [0.717, 1.165) is 6.07 Å². The number of aromatic carboxylic acids is 1. The van der Waals surface area contributed by atoms with Crippen molar-refractivity contribution in [3.8, 4) is 0 Å². The summed E-state index contributed by atoms with van der Waals surface area (Å²) < 4.78 is 0. The molecule has 0 aliphatic heterocycles. The van der Waals surface area contributed by atoms with Crippen molar-refractivity contribution >= 4 is 11.8 Å². The molecule has 0 aliphatic rings. The molecular weight excluding hydrogens is 148 g/mol. The van der Waals surface area contributed by atoms with Gasteiger partial charge in [0.25, 0.3) is 0 Å². The summed E-state index contributed by atoms with van der Waals surface area (Å²) in [5.74, 6) is -1.44. The SMILES string of the molecule is Nc1[nH]ccc(=O)c1C(=O)O. The number of rotatable bonds is 1. The van der Waals surface area contributed by atoms with Gasteiger partial charge in [-0.1, -0.05) is 0 Å². The van der Waals surface area contributed by atoms with Gasteiger partial charge < -0.3 is 15.8 Å². The molecule has 11 heavy (non-hydrogen) atoms. The van der Waals surface area contributed by atoms with E-state index in [2.05, 4.69) is 4.98 Å². The van der Waals surface area contributed by atoms with Crippen LogP contribution in [0.2, 0.25) is 0 Å². The molecular formula is C6H6N2O3. The lowest BCUT2D eigenvalue weighted by Gasteiger charge is -1.96. The number of nitrogens with one attached hydrogen (secondary N) is 1. The van der Waals surface area contributed by atoms with E-state index in [4.69, 9.17) is 10.8 Å². The van der Waals surface area contributed by atoms with Crippen molar-refractivity contribution in [1.29, 1.82) is 0 Å². The van der Waals surface area contributed by atoms with E-state index in [1.165, 1.54) is 6.20 Å². The van der Waals surface area contributed by atoms with E-state index >= 15 is 0 Å². The van der Waals surface area contributed by atoms with Crippen molar-refractivity contribution in [3.63, 3.8) is 0 Å². The first kappa shape index (κ1) is 7.33. The summed E-state index contributed by atoms with van der Waals surface area (Å²) in [6, 6.07) is 1.11. The number of anilines is 1. The van der Waals surface area contributed by atoms with E-state index in [-0.39, 0.29) is 5.82 Å². The maximum atomic E-state index is 10.8. The Balaban J connectivity index is 3.45. The lowest BCUT2D eigenvalue weighted by molar-refractivity contribution is 0.0696. The monoisotopic (exact) mass is 154 g/mol. The smallest absolute Gasteiger partial charge is 0.343 e. The van der Waals surface area contributed by atoms with Gasteiger partial charge in [-0.05, 0) is 0 Å². The third-order valence-electron chi connectivity index (χ3n) is 1.20. The summed E-state index contributed by atoms with van der Waals surface area (Å²) in [5, 5.41) is 8.45. The minimum Gasteiger partial charge on any atom is -0.477 e. The van der Waals surface area contributed by atoms with Gasteiger partial charge in [-0.15, -0.1) is 0 Å². The molecule has 0 radical (unpaired) electrons. The van der Waals surface area contributed by atoms with Crippen LogP contribution in [0.5, 0.6) is 0 Å². The first-order chi connectivity index (χ1) is 5.13. The van der Waals surface area contributed by atoms with E-state index in [0.29, 0.717) is 0 Å². The van der Waals surface area contributed by atoms with Gasteiger partial charge in [0.1, 0.15) is 11.4 Å². The number of carboxylic acids is 1. The van der Waals surface area contributed by atoms with Crippen molar-refractivity contribution in [3.05, 3.63) is 28.0 Å². The van der Waals surface area contributed by atoms with E-state index in [9.17, 15) is 9.59 Å². The Morgan fingerprint density at radius 2 is 2.27 bits per heavy atom. The second-order valence-electron chi connectivity index (χ2n) is 1.94. The van der Waals surface area contributed by atoms with Crippen LogP contribution in [0, 0.1) is 0 Å². The largest absolute Gasteiger partial charge is 0.477 e. The number of nitrogen functional groups attached to an aromatic ring is 1. The summed E-state index contributed by atoms with van der Waals surface area (Å²) >= 11 is 0. The molecule has 0 fully saturated rings. The highest BCUT2D eigenvalue weighted by Gasteiger charge is 2.11. The van der Waals surface area contributed by atoms with Crippen LogP contribution in [0.15, 0.2) is 17.1 Å². The van der Waals surface area contributed by atoms with E-state index in [1.54, 1.807) is 0 Å². The lowest BCUT2D eigenvalue weighted by Crippen LogP contribution is -2.17. The predicted molar refractivity (Wildman–Crippen MR) is 38.4 cm³/mol. The number of hydrogen-bond donors (Lipinski definition) is 3. The zero-order valence-corrected chi connectivity index (χ0v) is 5.50. The molecule has 1 aromatic rings. The van der Waals surface area contributed by atoms with Crippen molar-refractivity contribution in [2.75, 3.05) is 5.73 Å². The topological polar surface area (TPSA) is 96.2 Å². The quantitative estimate of drug-likeness (QED) is 0.515. The van der Waals surface area contributed by atoms with Gasteiger partial charge >= 0.3 is 5.97 Å². The lowest BCUT2D eigenvalue weighted by atomic mass is 10.2. The van der Waals surface area contributed by atoms with Gasteiger partial charge in [0, 0.05) is 12.3 Å². The minimum absolute atomic E-state index is 0.120. The zero-order valence-electron chi connectivity index (χ0n) is 5.50. The van der Waals surface area contributed by atoms with Crippen LogP contribution in [0.4, 0.5) is 5.82 Å². The molecule has 0 bridgehead atoms. The Hall–Kier alpha value is -1.78. The molecule has 0 saturated heterocycles. The maximum absolute atomic E-state index is 10.8. The number of H-pyrrole nitrogens is 1. The fourth-order valence-electron chi connectivity index (χ4n) is 0.716. The van der Waals surface area contributed by atoms with E-state index in [1.807, 2.05) is 0 Å². The van der Waals surface area contributed by atoms with Crippen molar-refractivity contribution in [1.82, 2.24) is 4.98 Å². The van der Waals surface area contributed by atoms with Gasteiger partial charge in [-0.3, -0.25) is 4.79 Å². The fourth-order valence-corrected chi connectivity index (χ4v) is 0.716. The summed E-state index contributed by atoms with van der Waals surface area (Å²) in [6.07, 6.45) is 1.30. The average Bonchev–Trinajstić information content (AvgIpc) is 1.85. The molecule has 5 heteroatoms. The molecule has 0 aliphatic carbocycles. The first-order valence-electron chi connectivity index (χ1n) is 2.83. The van der Waals surface area contributed by atoms with Crippen molar-refractivity contribution in [2.45, 2.75) is 0 Å². The van der Waals surface area contributed by atoms with Crippen LogP contribution in [-0.2, 0) is 0 Å². The molecule has 1 heterocycles. The standard InChI is InChI=1S/C6H6N2O3/c7-5-4(6(10)11)3(9)1-2-8-5/h1-2H,(H,10,11)(H3,7,8,9). The Morgan fingerprint density at radius 1 is 1.64 bits per heavy atom. The Morgan fingerprint density at radius 3 is 2.64 bits per heavy atom. The van der Waals surface area contributed by atoms with Crippen LogP contribution in [-0.4, -0.2) is 16.1 Å². The van der Waals surface area contributed by atoms with E-state index < -0.39 is 17.0 Å². The normalized spacial score (nSPS) is 9.45. The number of aromatic nitrogens is 1. The number of nitrogens with two attached hydrogens (primary N) is 1. The van der Waals surface area contributed by atoms with Crippen LogP contribution in [0.1, 0.15) is 10.4 Å². The van der Waals surface area contributed by atoms with Gasteiger partial charge in [-0.2, -0.15) is 0 Å². The van der Waals surface area contributed by atoms with Crippen LogP contribution < -0.4 is 11.2 Å². The van der Waals surface area contributed by atoms with Crippen molar-refractivity contribution < 1.29 is 9.90 Å². The molecule has 1 rings (SSSR count). The summed E-state index contributed by atoms with van der Waals surface area (Å²) in [5.41, 5.74) is 4.19. The van der Waals surface area contributed by atoms with Gasteiger partial charge in [0.2, 0.25) is 0 Å². The summed E-state index contributed by atoms with van der Waals surface area (Å²) in [4.78, 5) is 23.6. The number of hydrogen-bond acceptors (Lipinski definition) is 3. The molecule has 1 aromatic heterocycles. The molecule has 0 saturated carbocycles. The molecule has 0 aromatic carbocycles. The highest BCUT2D eigenvalue weighted by molar-refractivity contribution is 5.92. The number of aromatic amines is 1. The Bertz CT molecular complexity index is 342. The highest BCUT2D eigenvalue weighted by Crippen LogP contribution is 1.99. The molecule has 0 spiro atoms. The third-order valence-corrected chi connectivity index (χ3v) is 1.20. The highest BCUT2D eigenvalue weighted by atomic mass is 16.4. The van der Waals surface area contributed by atoms with Gasteiger partial charge in [0.05, 0.1) is 0 Å². The number of carboxylic acid groups (broad SMARTS) is 1. The summed E-state index contributed by atoms with van der Waals surface area (Å²) in [7, 11) is 0. The second-order valence-corrected chi connectivity index (χ2v) is 1.94. The average molecular weight is 154 g/mol. The third kappa shape index (κ3) is 1.21.